The van der Waals surface area contributed by atoms with Crippen molar-refractivity contribution in [3.8, 4) is 0 Å². The maximum absolute atomic E-state index is 12.5. The quantitative estimate of drug-likeness (QED) is 0.756. The molecule has 0 radical (unpaired) electrons. The van der Waals surface area contributed by atoms with Crippen LogP contribution in [0, 0.1) is 5.92 Å². The minimum absolute atomic E-state index is 0.144. The number of carbonyl (C=O) groups is 1. The molecule has 0 bridgehead atoms. The van der Waals surface area contributed by atoms with Crippen molar-refractivity contribution in [1.29, 1.82) is 0 Å². The predicted octanol–water partition coefficient (Wildman–Crippen LogP) is 4.23. The number of amides is 1. The van der Waals surface area contributed by atoms with Crippen LogP contribution in [-0.4, -0.2) is 16.8 Å². The fraction of sp³-hybridized carbons (Fsp3) is 0.350. The van der Waals surface area contributed by atoms with Gasteiger partial charge in [0.25, 0.3) is 0 Å². The molecule has 0 N–H and O–H groups in total. The van der Waals surface area contributed by atoms with E-state index in [1.807, 2.05) is 24.3 Å². The minimum atomic E-state index is 0.144. The van der Waals surface area contributed by atoms with Crippen LogP contribution in [0.4, 0.5) is 0 Å². The zero-order valence-electron chi connectivity index (χ0n) is 13.3. The standard InChI is InChI=1S/C20H23NO/c1-3-18-19(14-16-10-6-4-7-11-16)21(20(18)22)15(2)17-12-8-5-9-13-17/h4-13,15,18-19H,3,14H2,1-2H3/t15-,18+,19+/m0/s1. The van der Waals surface area contributed by atoms with Gasteiger partial charge in [0, 0.05) is 6.04 Å². The van der Waals surface area contributed by atoms with Gasteiger partial charge in [-0.05, 0) is 30.9 Å². The van der Waals surface area contributed by atoms with E-state index in [0.717, 1.165) is 12.8 Å². The van der Waals surface area contributed by atoms with Crippen molar-refractivity contribution in [3.63, 3.8) is 0 Å². The van der Waals surface area contributed by atoms with Crippen molar-refractivity contribution in [2.75, 3.05) is 0 Å². The molecule has 0 saturated carbocycles. The van der Waals surface area contributed by atoms with Crippen molar-refractivity contribution in [2.24, 2.45) is 5.92 Å². The molecule has 1 saturated heterocycles. The number of nitrogens with zero attached hydrogens (tertiary/aromatic N) is 1. The third-order valence-corrected chi connectivity index (χ3v) is 4.82. The molecule has 114 valence electrons. The predicted molar refractivity (Wildman–Crippen MR) is 89.4 cm³/mol. The molecule has 1 heterocycles. The summed E-state index contributed by atoms with van der Waals surface area (Å²) in [6.07, 6.45) is 1.87. The molecule has 3 atom stereocenters. The van der Waals surface area contributed by atoms with E-state index in [2.05, 4.69) is 55.1 Å². The Morgan fingerprint density at radius 1 is 1.00 bits per heavy atom. The van der Waals surface area contributed by atoms with Crippen molar-refractivity contribution in [3.05, 3.63) is 71.8 Å². The Hall–Kier alpha value is -2.09. The van der Waals surface area contributed by atoms with Gasteiger partial charge in [-0.15, -0.1) is 0 Å². The first kappa shape index (κ1) is 14.8. The van der Waals surface area contributed by atoms with E-state index in [-0.39, 0.29) is 12.0 Å². The Bertz CT molecular complexity index is 623. The second-order valence-corrected chi connectivity index (χ2v) is 6.10. The molecule has 0 aliphatic carbocycles. The van der Waals surface area contributed by atoms with Gasteiger partial charge in [0.05, 0.1) is 12.0 Å². The van der Waals surface area contributed by atoms with Crippen LogP contribution in [0.25, 0.3) is 0 Å². The van der Waals surface area contributed by atoms with Gasteiger partial charge in [-0.25, -0.2) is 0 Å². The number of β-lactam (4-membered cyclic amide) rings is 1. The molecular weight excluding hydrogens is 270 g/mol. The lowest BCUT2D eigenvalue weighted by Gasteiger charge is -2.50. The number of likely N-dealkylation sites (tertiary alicyclic amines) is 1. The summed E-state index contributed by atoms with van der Waals surface area (Å²) >= 11 is 0. The van der Waals surface area contributed by atoms with Gasteiger partial charge in [-0.1, -0.05) is 67.6 Å². The molecule has 3 rings (SSSR count). The van der Waals surface area contributed by atoms with Crippen molar-refractivity contribution < 1.29 is 4.79 Å². The number of rotatable bonds is 5. The summed E-state index contributed by atoms with van der Waals surface area (Å²) in [5.41, 5.74) is 2.52. The average Bonchev–Trinajstić information content (AvgIpc) is 2.56. The fourth-order valence-electron chi connectivity index (χ4n) is 3.54. The summed E-state index contributed by atoms with van der Waals surface area (Å²) < 4.78 is 0. The number of hydrogen-bond donors (Lipinski definition) is 0. The molecule has 0 aromatic heterocycles. The van der Waals surface area contributed by atoms with Gasteiger partial charge in [0.15, 0.2) is 0 Å². The first-order valence-corrected chi connectivity index (χ1v) is 8.13. The zero-order valence-corrected chi connectivity index (χ0v) is 13.3. The van der Waals surface area contributed by atoms with Crippen molar-refractivity contribution in [1.82, 2.24) is 4.90 Å². The second-order valence-electron chi connectivity index (χ2n) is 6.10. The molecule has 2 aromatic carbocycles. The maximum atomic E-state index is 12.5. The van der Waals surface area contributed by atoms with E-state index >= 15 is 0 Å². The molecule has 2 heteroatoms. The molecule has 1 amide bonds. The van der Waals surface area contributed by atoms with Gasteiger partial charge >= 0.3 is 0 Å². The lowest BCUT2D eigenvalue weighted by molar-refractivity contribution is -0.160. The Morgan fingerprint density at radius 3 is 2.18 bits per heavy atom. The fourth-order valence-corrected chi connectivity index (χ4v) is 3.54. The van der Waals surface area contributed by atoms with Gasteiger partial charge in [-0.3, -0.25) is 4.79 Å². The molecular formula is C20H23NO. The third-order valence-electron chi connectivity index (χ3n) is 4.82. The molecule has 0 unspecified atom stereocenters. The Morgan fingerprint density at radius 2 is 1.59 bits per heavy atom. The van der Waals surface area contributed by atoms with Gasteiger partial charge in [0.2, 0.25) is 5.91 Å². The van der Waals surface area contributed by atoms with Crippen LogP contribution in [0.3, 0.4) is 0 Å². The molecule has 1 fully saturated rings. The SMILES string of the molecule is CC[C@H]1C(=O)N([C@@H](C)c2ccccc2)[C@@H]1Cc1ccccc1. The normalized spacial score (nSPS) is 22.3. The highest BCUT2D eigenvalue weighted by Crippen LogP contribution is 2.38. The molecule has 2 aromatic rings. The number of hydrogen-bond acceptors (Lipinski definition) is 1. The maximum Gasteiger partial charge on any atom is 0.228 e. The van der Waals surface area contributed by atoms with Crippen LogP contribution in [0.5, 0.6) is 0 Å². The average molecular weight is 293 g/mol. The van der Waals surface area contributed by atoms with Gasteiger partial charge in [-0.2, -0.15) is 0 Å². The Labute approximate surface area is 132 Å². The highest BCUT2D eigenvalue weighted by atomic mass is 16.2. The van der Waals surface area contributed by atoms with E-state index in [4.69, 9.17) is 0 Å². The van der Waals surface area contributed by atoms with Crippen LogP contribution in [0.15, 0.2) is 60.7 Å². The molecule has 22 heavy (non-hydrogen) atoms. The van der Waals surface area contributed by atoms with Crippen LogP contribution in [-0.2, 0) is 11.2 Å². The second kappa shape index (κ2) is 6.35. The zero-order chi connectivity index (χ0) is 15.5. The first-order chi connectivity index (χ1) is 10.7. The largest absolute Gasteiger partial charge is 0.332 e. The summed E-state index contributed by atoms with van der Waals surface area (Å²) in [4.78, 5) is 14.6. The lowest BCUT2D eigenvalue weighted by atomic mass is 9.79. The summed E-state index contributed by atoms with van der Waals surface area (Å²) in [6, 6.07) is 21.3. The lowest BCUT2D eigenvalue weighted by Crippen LogP contribution is -2.62. The minimum Gasteiger partial charge on any atom is -0.332 e. The van der Waals surface area contributed by atoms with Crippen LogP contribution < -0.4 is 0 Å². The van der Waals surface area contributed by atoms with E-state index in [1.165, 1.54) is 11.1 Å². The monoisotopic (exact) mass is 293 g/mol. The Kier molecular flexibility index (Phi) is 4.28. The van der Waals surface area contributed by atoms with E-state index in [0.29, 0.717) is 11.9 Å². The molecule has 0 spiro atoms. The third kappa shape index (κ3) is 2.66. The molecule has 1 aliphatic rings. The topological polar surface area (TPSA) is 20.3 Å². The Balaban J connectivity index is 1.81. The summed E-state index contributed by atoms with van der Waals surface area (Å²) in [5, 5.41) is 0. The highest BCUT2D eigenvalue weighted by molar-refractivity contribution is 5.86. The van der Waals surface area contributed by atoms with E-state index < -0.39 is 0 Å². The summed E-state index contributed by atoms with van der Waals surface area (Å²) in [5.74, 6) is 0.478. The van der Waals surface area contributed by atoms with Crippen LogP contribution >= 0.6 is 0 Å². The summed E-state index contributed by atoms with van der Waals surface area (Å²) in [6.45, 7) is 4.25. The van der Waals surface area contributed by atoms with Crippen molar-refractivity contribution >= 4 is 5.91 Å². The van der Waals surface area contributed by atoms with E-state index in [9.17, 15) is 4.79 Å². The highest BCUT2D eigenvalue weighted by Gasteiger charge is 2.47. The first-order valence-electron chi connectivity index (χ1n) is 8.13. The van der Waals surface area contributed by atoms with Crippen LogP contribution in [0.2, 0.25) is 0 Å². The smallest absolute Gasteiger partial charge is 0.228 e. The molecule has 2 nitrogen and oxygen atoms in total. The van der Waals surface area contributed by atoms with Crippen LogP contribution in [0.1, 0.15) is 37.4 Å². The van der Waals surface area contributed by atoms with Crippen molar-refractivity contribution in [2.45, 2.75) is 38.8 Å². The molecule has 1 aliphatic heterocycles. The van der Waals surface area contributed by atoms with E-state index in [1.54, 1.807) is 0 Å². The van der Waals surface area contributed by atoms with Gasteiger partial charge in [0.1, 0.15) is 0 Å². The number of benzene rings is 2. The summed E-state index contributed by atoms with van der Waals surface area (Å²) in [7, 11) is 0. The number of carbonyl (C=O) groups excluding carboxylic acids is 1. The van der Waals surface area contributed by atoms with Gasteiger partial charge < -0.3 is 4.90 Å².